The number of thiophene rings is 1. The molecule has 2 unspecified atom stereocenters. The molecule has 0 saturated heterocycles. The first-order valence-corrected chi connectivity index (χ1v) is 7.75. The Morgan fingerprint density at radius 3 is 2.22 bits per heavy atom. The van der Waals surface area contributed by atoms with E-state index in [1.54, 1.807) is 11.3 Å². The van der Waals surface area contributed by atoms with Crippen LogP contribution in [0.25, 0.3) is 0 Å². The van der Waals surface area contributed by atoms with Gasteiger partial charge in [0.2, 0.25) is 0 Å². The number of nitrogens with one attached hydrogen (secondary N) is 1. The summed E-state index contributed by atoms with van der Waals surface area (Å²) in [5.41, 5.74) is 2.64. The molecule has 1 heterocycles. The second kappa shape index (κ2) is 6.00. The topological polar surface area (TPSA) is 12.0 Å². The van der Waals surface area contributed by atoms with E-state index in [0.29, 0.717) is 12.1 Å². The van der Waals surface area contributed by atoms with Crippen LogP contribution in [0.3, 0.4) is 0 Å². The van der Waals surface area contributed by atoms with E-state index in [1.165, 1.54) is 19.8 Å². The number of rotatable bonds is 4. The zero-order chi connectivity index (χ0) is 13.1. The van der Waals surface area contributed by atoms with E-state index in [-0.39, 0.29) is 0 Å². The van der Waals surface area contributed by atoms with Gasteiger partial charge in [0.15, 0.2) is 0 Å². The van der Waals surface area contributed by atoms with E-state index in [9.17, 15) is 0 Å². The highest BCUT2D eigenvalue weighted by atomic mass is 79.9. The maximum Gasteiger partial charge on any atom is 0.0701 e. The van der Waals surface area contributed by atoms with E-state index < -0.39 is 0 Å². The summed E-state index contributed by atoms with van der Waals surface area (Å²) in [7, 11) is 0. The van der Waals surface area contributed by atoms with Crippen molar-refractivity contribution in [2.75, 3.05) is 0 Å². The molecule has 96 valence electrons. The summed E-state index contributed by atoms with van der Waals surface area (Å²) in [5, 5.41) is 3.63. The molecule has 1 nitrogen and oxygen atoms in total. The van der Waals surface area contributed by atoms with Gasteiger partial charge >= 0.3 is 0 Å². The van der Waals surface area contributed by atoms with Gasteiger partial charge in [-0.3, -0.25) is 0 Å². The van der Waals surface area contributed by atoms with E-state index in [1.807, 2.05) is 0 Å². The molecular formula is C15H18BrNS. The van der Waals surface area contributed by atoms with Gasteiger partial charge in [-0.2, -0.15) is 0 Å². The third-order valence-electron chi connectivity index (χ3n) is 3.10. The third kappa shape index (κ3) is 3.44. The quantitative estimate of drug-likeness (QED) is 0.812. The van der Waals surface area contributed by atoms with E-state index >= 15 is 0 Å². The van der Waals surface area contributed by atoms with Crippen LogP contribution in [0.2, 0.25) is 0 Å². The fourth-order valence-electron chi connectivity index (χ4n) is 1.97. The highest BCUT2D eigenvalue weighted by Gasteiger charge is 2.12. The summed E-state index contributed by atoms with van der Waals surface area (Å²) in [6.07, 6.45) is 0. The van der Waals surface area contributed by atoms with Crippen molar-refractivity contribution in [2.24, 2.45) is 0 Å². The standard InChI is InChI=1S/C15H18BrNS/c1-10-4-6-13(7-5-10)11(2)17-12(3)14-8-9-15(16)18-14/h4-9,11-12,17H,1-3H3. The van der Waals surface area contributed by atoms with Crippen LogP contribution in [0.15, 0.2) is 40.2 Å². The van der Waals surface area contributed by atoms with Crippen LogP contribution < -0.4 is 5.32 Å². The van der Waals surface area contributed by atoms with Crippen molar-refractivity contribution >= 4 is 27.3 Å². The molecule has 0 bridgehead atoms. The molecule has 18 heavy (non-hydrogen) atoms. The van der Waals surface area contributed by atoms with Gasteiger partial charge < -0.3 is 5.32 Å². The third-order valence-corrected chi connectivity index (χ3v) is 4.90. The fraction of sp³-hybridized carbons (Fsp3) is 0.333. The lowest BCUT2D eigenvalue weighted by Gasteiger charge is -2.19. The van der Waals surface area contributed by atoms with Crippen LogP contribution in [0.4, 0.5) is 0 Å². The van der Waals surface area contributed by atoms with E-state index in [4.69, 9.17) is 0 Å². The average molecular weight is 324 g/mol. The summed E-state index contributed by atoms with van der Waals surface area (Å²) < 4.78 is 1.19. The Labute approximate surface area is 121 Å². The number of hydrogen-bond donors (Lipinski definition) is 1. The van der Waals surface area contributed by atoms with Gasteiger partial charge in [0.25, 0.3) is 0 Å². The molecule has 1 aromatic carbocycles. The molecule has 0 spiro atoms. The van der Waals surface area contributed by atoms with Crippen LogP contribution in [0.1, 0.15) is 41.9 Å². The number of aryl methyl sites for hydroxylation is 1. The summed E-state index contributed by atoms with van der Waals surface area (Å²) in [6.45, 7) is 6.54. The highest BCUT2D eigenvalue weighted by molar-refractivity contribution is 9.11. The predicted octanol–water partition coefficient (Wildman–Crippen LogP) is 5.23. The summed E-state index contributed by atoms with van der Waals surface area (Å²) in [5.74, 6) is 0. The normalized spacial score (nSPS) is 14.4. The largest absolute Gasteiger partial charge is 0.303 e. The number of benzene rings is 1. The predicted molar refractivity (Wildman–Crippen MR) is 83.2 cm³/mol. The monoisotopic (exact) mass is 323 g/mol. The molecule has 0 aliphatic rings. The van der Waals surface area contributed by atoms with Gasteiger partial charge in [0, 0.05) is 17.0 Å². The molecule has 2 atom stereocenters. The zero-order valence-electron chi connectivity index (χ0n) is 10.9. The molecule has 0 radical (unpaired) electrons. The molecule has 2 rings (SSSR count). The molecule has 2 aromatic rings. The van der Waals surface area contributed by atoms with Gasteiger partial charge in [-0.15, -0.1) is 11.3 Å². The van der Waals surface area contributed by atoms with Crippen molar-refractivity contribution in [2.45, 2.75) is 32.9 Å². The lowest BCUT2D eigenvalue weighted by Crippen LogP contribution is -2.21. The van der Waals surface area contributed by atoms with Crippen LogP contribution in [-0.4, -0.2) is 0 Å². The van der Waals surface area contributed by atoms with E-state index in [0.717, 1.165) is 0 Å². The van der Waals surface area contributed by atoms with Gasteiger partial charge in [-0.1, -0.05) is 29.8 Å². The maximum atomic E-state index is 3.63. The summed E-state index contributed by atoms with van der Waals surface area (Å²) >= 11 is 5.30. The van der Waals surface area contributed by atoms with Gasteiger partial charge in [0.05, 0.1) is 3.79 Å². The SMILES string of the molecule is Cc1ccc(C(C)NC(C)c2ccc(Br)s2)cc1. The van der Waals surface area contributed by atoms with Gasteiger partial charge in [0.1, 0.15) is 0 Å². The first-order valence-electron chi connectivity index (χ1n) is 6.14. The number of hydrogen-bond acceptors (Lipinski definition) is 2. The average Bonchev–Trinajstić information content (AvgIpc) is 2.76. The Balaban J connectivity index is 2.02. The molecular weight excluding hydrogens is 306 g/mol. The minimum absolute atomic E-state index is 0.362. The lowest BCUT2D eigenvalue weighted by molar-refractivity contribution is 0.500. The van der Waals surface area contributed by atoms with Crippen LogP contribution in [-0.2, 0) is 0 Å². The molecule has 0 aliphatic heterocycles. The van der Waals surface area contributed by atoms with Crippen molar-refractivity contribution in [3.63, 3.8) is 0 Å². The lowest BCUT2D eigenvalue weighted by atomic mass is 10.1. The molecule has 1 N–H and O–H groups in total. The van der Waals surface area contributed by atoms with E-state index in [2.05, 4.69) is 78.4 Å². The summed E-state index contributed by atoms with van der Waals surface area (Å²) in [6, 6.07) is 13.7. The van der Waals surface area contributed by atoms with Crippen molar-refractivity contribution in [1.82, 2.24) is 5.32 Å². The molecule has 0 saturated carbocycles. The Morgan fingerprint density at radius 2 is 1.67 bits per heavy atom. The molecule has 0 aliphatic carbocycles. The van der Waals surface area contributed by atoms with Crippen molar-refractivity contribution in [3.8, 4) is 0 Å². The smallest absolute Gasteiger partial charge is 0.0701 e. The van der Waals surface area contributed by atoms with Crippen LogP contribution in [0.5, 0.6) is 0 Å². The molecule has 0 fully saturated rings. The molecule has 1 aromatic heterocycles. The Hall–Kier alpha value is -0.640. The second-order valence-corrected chi connectivity index (χ2v) is 7.16. The Bertz CT molecular complexity index is 503. The maximum absolute atomic E-state index is 3.63. The van der Waals surface area contributed by atoms with Crippen LogP contribution in [0, 0.1) is 6.92 Å². The van der Waals surface area contributed by atoms with Crippen molar-refractivity contribution in [3.05, 3.63) is 56.2 Å². The minimum atomic E-state index is 0.362. The van der Waals surface area contributed by atoms with Crippen LogP contribution >= 0.6 is 27.3 Å². The molecule has 0 amide bonds. The first kappa shape index (κ1) is 13.8. The summed E-state index contributed by atoms with van der Waals surface area (Å²) in [4.78, 5) is 1.36. The highest BCUT2D eigenvalue weighted by Crippen LogP contribution is 2.28. The van der Waals surface area contributed by atoms with Gasteiger partial charge in [-0.05, 0) is 54.4 Å². The Morgan fingerprint density at radius 1 is 1.00 bits per heavy atom. The second-order valence-electron chi connectivity index (χ2n) is 4.66. The number of halogens is 1. The Kier molecular flexibility index (Phi) is 4.60. The van der Waals surface area contributed by atoms with Gasteiger partial charge in [-0.25, -0.2) is 0 Å². The van der Waals surface area contributed by atoms with Crippen molar-refractivity contribution < 1.29 is 0 Å². The molecule has 3 heteroatoms. The fourth-order valence-corrected chi connectivity index (χ4v) is 3.40. The first-order chi connectivity index (χ1) is 8.56. The minimum Gasteiger partial charge on any atom is -0.303 e. The zero-order valence-corrected chi connectivity index (χ0v) is 13.3. The van der Waals surface area contributed by atoms with Crippen molar-refractivity contribution in [1.29, 1.82) is 0 Å².